The third-order valence-electron chi connectivity index (χ3n) is 4.67. The third kappa shape index (κ3) is 4.04. The average Bonchev–Trinajstić information content (AvgIpc) is 3.21. The minimum atomic E-state index is 0.614. The highest BCUT2D eigenvalue weighted by atomic mass is 32.2. The second kappa shape index (κ2) is 7.58. The summed E-state index contributed by atoms with van der Waals surface area (Å²) in [5, 5.41) is 4.03. The largest absolute Gasteiger partial charge is 0.342 e. The number of benzene rings is 1. The molecule has 7 heteroatoms. The Hall–Kier alpha value is -1.86. The molecule has 1 unspecified atom stereocenters. The van der Waals surface area contributed by atoms with Gasteiger partial charge >= 0.3 is 0 Å². The molecule has 1 saturated heterocycles. The topological polar surface area (TPSA) is 70.8 Å². The Morgan fingerprint density at radius 1 is 1.32 bits per heavy atom. The van der Waals surface area contributed by atoms with Crippen LogP contribution < -0.4 is 0 Å². The molecule has 1 aliphatic heterocycles. The molecule has 1 N–H and O–H groups in total. The number of nitrogens with zero attached hydrogens (tertiary/aromatic N) is 4. The van der Waals surface area contributed by atoms with Gasteiger partial charge in [0.15, 0.2) is 5.82 Å². The van der Waals surface area contributed by atoms with E-state index in [4.69, 9.17) is 9.51 Å². The molecule has 0 spiro atoms. The molecular weight excluding hydrogens is 334 g/mol. The number of piperidine rings is 1. The van der Waals surface area contributed by atoms with Gasteiger partial charge in [0.2, 0.25) is 5.89 Å². The predicted molar refractivity (Wildman–Crippen MR) is 99.3 cm³/mol. The van der Waals surface area contributed by atoms with Crippen molar-refractivity contribution in [3.05, 3.63) is 41.8 Å². The van der Waals surface area contributed by atoms with E-state index in [2.05, 4.69) is 32.2 Å². The number of hydrogen-bond acceptors (Lipinski definition) is 6. The molecule has 0 amide bonds. The molecule has 1 aliphatic rings. The fraction of sp³-hybridized carbons (Fsp3) is 0.500. The third-order valence-corrected chi connectivity index (χ3v) is 5.21. The molecule has 4 rings (SSSR count). The molecule has 1 aromatic carbocycles. The van der Waals surface area contributed by atoms with Gasteiger partial charge in [0.25, 0.3) is 0 Å². The van der Waals surface area contributed by atoms with Crippen LogP contribution in [-0.4, -0.2) is 44.4 Å². The Morgan fingerprint density at radius 3 is 3.12 bits per heavy atom. The maximum absolute atomic E-state index is 5.38. The van der Waals surface area contributed by atoms with Crippen LogP contribution >= 0.6 is 11.8 Å². The molecule has 1 atom stereocenters. The number of imidazole rings is 1. The van der Waals surface area contributed by atoms with E-state index in [1.165, 1.54) is 12.8 Å². The summed E-state index contributed by atoms with van der Waals surface area (Å²) >= 11 is 1.71. The zero-order chi connectivity index (χ0) is 17.1. The van der Waals surface area contributed by atoms with Crippen LogP contribution in [0.4, 0.5) is 0 Å². The van der Waals surface area contributed by atoms with Crippen molar-refractivity contribution >= 4 is 22.8 Å². The van der Waals surface area contributed by atoms with E-state index in [0.717, 1.165) is 60.4 Å². The SMILES string of the molecule is CSCc1noc(CN2CCCC(Cc3nc4ccccc4[nH]3)C2)n1. The van der Waals surface area contributed by atoms with E-state index in [0.29, 0.717) is 5.92 Å². The Bertz CT molecular complexity index is 797. The summed E-state index contributed by atoms with van der Waals surface area (Å²) in [4.78, 5) is 15.1. The number of nitrogens with one attached hydrogen (secondary N) is 1. The minimum Gasteiger partial charge on any atom is -0.342 e. The summed E-state index contributed by atoms with van der Waals surface area (Å²) in [7, 11) is 0. The van der Waals surface area contributed by atoms with E-state index in [-0.39, 0.29) is 0 Å². The van der Waals surface area contributed by atoms with Gasteiger partial charge in [0, 0.05) is 13.0 Å². The summed E-state index contributed by atoms with van der Waals surface area (Å²) in [6, 6.07) is 8.22. The standard InChI is InChI=1S/C18H23N5OS/c1-25-12-17-21-18(24-22-17)11-23-8-4-5-13(10-23)9-16-19-14-6-2-3-7-15(14)20-16/h2-3,6-7,13H,4-5,8-12H2,1H3,(H,19,20). The molecule has 0 bridgehead atoms. The second-order valence-electron chi connectivity index (χ2n) is 6.69. The van der Waals surface area contributed by atoms with Gasteiger partial charge in [-0.25, -0.2) is 4.98 Å². The van der Waals surface area contributed by atoms with Crippen molar-refractivity contribution < 1.29 is 4.52 Å². The maximum atomic E-state index is 5.38. The Labute approximate surface area is 151 Å². The monoisotopic (exact) mass is 357 g/mol. The number of thioether (sulfide) groups is 1. The number of H-pyrrole nitrogens is 1. The number of aromatic nitrogens is 4. The quantitative estimate of drug-likeness (QED) is 0.730. The van der Waals surface area contributed by atoms with Crippen molar-refractivity contribution in [2.24, 2.45) is 5.92 Å². The van der Waals surface area contributed by atoms with Crippen molar-refractivity contribution in [1.29, 1.82) is 0 Å². The van der Waals surface area contributed by atoms with Crippen molar-refractivity contribution in [3.63, 3.8) is 0 Å². The van der Waals surface area contributed by atoms with Crippen LogP contribution in [-0.2, 0) is 18.7 Å². The lowest BCUT2D eigenvalue weighted by Crippen LogP contribution is -2.36. The van der Waals surface area contributed by atoms with E-state index in [1.54, 1.807) is 11.8 Å². The van der Waals surface area contributed by atoms with Crippen LogP contribution in [0.5, 0.6) is 0 Å². The van der Waals surface area contributed by atoms with E-state index < -0.39 is 0 Å². The molecule has 0 radical (unpaired) electrons. The van der Waals surface area contributed by atoms with E-state index >= 15 is 0 Å². The van der Waals surface area contributed by atoms with Gasteiger partial charge in [-0.2, -0.15) is 16.7 Å². The summed E-state index contributed by atoms with van der Waals surface area (Å²) in [5.41, 5.74) is 2.18. The average molecular weight is 357 g/mol. The van der Waals surface area contributed by atoms with Crippen LogP contribution in [0.3, 0.4) is 0 Å². The zero-order valence-electron chi connectivity index (χ0n) is 14.4. The number of aromatic amines is 1. The number of para-hydroxylation sites is 2. The lowest BCUT2D eigenvalue weighted by Gasteiger charge is -2.31. The summed E-state index contributed by atoms with van der Waals surface area (Å²) in [5.74, 6) is 4.03. The molecule has 3 aromatic rings. The fourth-order valence-electron chi connectivity index (χ4n) is 3.57. The first-order chi connectivity index (χ1) is 12.3. The molecule has 25 heavy (non-hydrogen) atoms. The molecule has 1 fully saturated rings. The van der Waals surface area contributed by atoms with Crippen LogP contribution in [0.2, 0.25) is 0 Å². The van der Waals surface area contributed by atoms with Gasteiger partial charge in [0.1, 0.15) is 5.82 Å². The van der Waals surface area contributed by atoms with Crippen molar-refractivity contribution in [2.45, 2.75) is 31.6 Å². The highest BCUT2D eigenvalue weighted by molar-refractivity contribution is 7.97. The lowest BCUT2D eigenvalue weighted by molar-refractivity contribution is 0.149. The van der Waals surface area contributed by atoms with Gasteiger partial charge in [-0.15, -0.1) is 0 Å². The molecule has 6 nitrogen and oxygen atoms in total. The number of fused-ring (bicyclic) bond motifs is 1. The van der Waals surface area contributed by atoms with Gasteiger partial charge in [-0.05, 0) is 43.7 Å². The number of likely N-dealkylation sites (tertiary alicyclic amines) is 1. The van der Waals surface area contributed by atoms with Crippen LogP contribution in [0.25, 0.3) is 11.0 Å². The first-order valence-electron chi connectivity index (χ1n) is 8.76. The van der Waals surface area contributed by atoms with Gasteiger partial charge < -0.3 is 9.51 Å². The number of rotatable bonds is 6. The molecular formula is C18H23N5OS. The second-order valence-corrected chi connectivity index (χ2v) is 7.55. The van der Waals surface area contributed by atoms with E-state index in [9.17, 15) is 0 Å². The number of hydrogen-bond donors (Lipinski definition) is 1. The maximum Gasteiger partial charge on any atom is 0.240 e. The van der Waals surface area contributed by atoms with Crippen molar-refractivity contribution in [3.8, 4) is 0 Å². The zero-order valence-corrected chi connectivity index (χ0v) is 15.3. The van der Waals surface area contributed by atoms with Crippen molar-refractivity contribution in [1.82, 2.24) is 25.0 Å². The summed E-state index contributed by atoms with van der Waals surface area (Å²) < 4.78 is 5.38. The fourth-order valence-corrected chi connectivity index (χ4v) is 3.95. The Balaban J connectivity index is 1.36. The van der Waals surface area contributed by atoms with Gasteiger partial charge in [0.05, 0.1) is 23.3 Å². The van der Waals surface area contributed by atoms with Crippen LogP contribution in [0, 0.1) is 5.92 Å². The smallest absolute Gasteiger partial charge is 0.240 e. The molecule has 0 aliphatic carbocycles. The molecule has 0 saturated carbocycles. The van der Waals surface area contributed by atoms with Crippen molar-refractivity contribution in [2.75, 3.05) is 19.3 Å². The normalized spacial score (nSPS) is 18.8. The van der Waals surface area contributed by atoms with E-state index in [1.807, 2.05) is 18.4 Å². The molecule has 2 aromatic heterocycles. The molecule has 132 valence electrons. The highest BCUT2D eigenvalue weighted by Crippen LogP contribution is 2.22. The minimum absolute atomic E-state index is 0.614. The lowest BCUT2D eigenvalue weighted by atomic mass is 9.94. The van der Waals surface area contributed by atoms with Crippen LogP contribution in [0.1, 0.15) is 30.4 Å². The van der Waals surface area contributed by atoms with Crippen LogP contribution in [0.15, 0.2) is 28.8 Å². The Morgan fingerprint density at radius 2 is 2.24 bits per heavy atom. The predicted octanol–water partition coefficient (Wildman–Crippen LogP) is 3.26. The first-order valence-corrected chi connectivity index (χ1v) is 10.2. The summed E-state index contributed by atoms with van der Waals surface area (Å²) in [6.45, 7) is 2.90. The summed E-state index contributed by atoms with van der Waals surface area (Å²) in [6.07, 6.45) is 5.49. The Kier molecular flexibility index (Phi) is 5.03. The highest BCUT2D eigenvalue weighted by Gasteiger charge is 2.23. The van der Waals surface area contributed by atoms with Gasteiger partial charge in [-0.3, -0.25) is 4.90 Å². The first kappa shape index (κ1) is 16.6. The van der Waals surface area contributed by atoms with Gasteiger partial charge in [-0.1, -0.05) is 17.3 Å². The molecule has 3 heterocycles.